The van der Waals surface area contributed by atoms with Crippen molar-refractivity contribution in [3.8, 4) is 0 Å². The van der Waals surface area contributed by atoms with Gasteiger partial charge < -0.3 is 15.4 Å². The van der Waals surface area contributed by atoms with Crippen LogP contribution in [0, 0.1) is 0 Å². The highest BCUT2D eigenvalue weighted by Gasteiger charge is 2.23. The van der Waals surface area contributed by atoms with E-state index in [9.17, 15) is 4.79 Å². The Kier molecular flexibility index (Phi) is 3.10. The second-order valence-electron chi connectivity index (χ2n) is 3.93. The number of methoxy groups -OCH3 is 1. The van der Waals surface area contributed by atoms with E-state index in [1.165, 1.54) is 0 Å². The first-order valence-corrected chi connectivity index (χ1v) is 5.40. The predicted molar refractivity (Wildman–Crippen MR) is 63.4 cm³/mol. The fourth-order valence-corrected chi connectivity index (χ4v) is 2.01. The van der Waals surface area contributed by atoms with E-state index in [1.807, 2.05) is 18.2 Å². The molecule has 2 N–H and O–H groups in total. The minimum absolute atomic E-state index is 0.161. The zero-order valence-corrected chi connectivity index (χ0v) is 9.40. The molecular weight excluding hydrogens is 204 g/mol. The summed E-state index contributed by atoms with van der Waals surface area (Å²) < 4.78 is 5.01. The zero-order valence-electron chi connectivity index (χ0n) is 9.40. The molecule has 0 unspecified atom stereocenters. The van der Waals surface area contributed by atoms with Crippen LogP contribution in [-0.4, -0.2) is 26.2 Å². The second kappa shape index (κ2) is 4.53. The summed E-state index contributed by atoms with van der Waals surface area (Å²) in [6.07, 6.45) is 1.34. The molecule has 0 radical (unpaired) electrons. The molecule has 0 saturated heterocycles. The zero-order chi connectivity index (χ0) is 11.5. The first kappa shape index (κ1) is 11.0. The predicted octanol–water partition coefficient (Wildman–Crippen LogP) is 1.19. The topological polar surface area (TPSA) is 55.6 Å². The van der Waals surface area contributed by atoms with Crippen LogP contribution in [0.5, 0.6) is 0 Å². The van der Waals surface area contributed by atoms with Crippen molar-refractivity contribution in [1.29, 1.82) is 0 Å². The van der Waals surface area contributed by atoms with Crippen LogP contribution in [0.15, 0.2) is 18.2 Å². The van der Waals surface area contributed by atoms with Crippen LogP contribution in [0.25, 0.3) is 0 Å². The molecule has 0 aliphatic carbocycles. The number of rotatable bonds is 3. The molecule has 16 heavy (non-hydrogen) atoms. The number of carbonyl (C=O) groups excluding carboxylic acids is 1. The number of anilines is 2. The van der Waals surface area contributed by atoms with Crippen LogP contribution in [-0.2, 0) is 16.0 Å². The number of amides is 1. The highest BCUT2D eigenvalue weighted by Crippen LogP contribution is 2.29. The Labute approximate surface area is 95.0 Å². The summed E-state index contributed by atoms with van der Waals surface area (Å²) in [6.45, 7) is 1.15. The van der Waals surface area contributed by atoms with Gasteiger partial charge in [-0.1, -0.05) is 0 Å². The minimum Gasteiger partial charge on any atom is -0.399 e. The van der Waals surface area contributed by atoms with Crippen molar-refractivity contribution in [2.45, 2.75) is 12.8 Å². The van der Waals surface area contributed by atoms with E-state index < -0.39 is 0 Å². The molecule has 1 aromatic rings. The Morgan fingerprint density at radius 3 is 3.00 bits per heavy atom. The minimum atomic E-state index is 0.161. The van der Waals surface area contributed by atoms with Gasteiger partial charge in [-0.15, -0.1) is 0 Å². The van der Waals surface area contributed by atoms with Gasteiger partial charge in [-0.2, -0.15) is 0 Å². The summed E-state index contributed by atoms with van der Waals surface area (Å²) in [5.74, 6) is 0.161. The van der Waals surface area contributed by atoms with E-state index in [-0.39, 0.29) is 5.91 Å². The third-order valence-electron chi connectivity index (χ3n) is 2.82. The third-order valence-corrected chi connectivity index (χ3v) is 2.82. The summed E-state index contributed by atoms with van der Waals surface area (Å²) in [6, 6.07) is 5.69. The number of hydrogen-bond acceptors (Lipinski definition) is 3. The van der Waals surface area contributed by atoms with Gasteiger partial charge in [-0.25, -0.2) is 0 Å². The Hall–Kier alpha value is -1.55. The van der Waals surface area contributed by atoms with Crippen molar-refractivity contribution >= 4 is 17.3 Å². The Morgan fingerprint density at radius 2 is 2.25 bits per heavy atom. The molecule has 1 aliphatic rings. The van der Waals surface area contributed by atoms with Crippen LogP contribution in [0.3, 0.4) is 0 Å². The summed E-state index contributed by atoms with van der Waals surface area (Å²) in [5.41, 5.74) is 8.61. The van der Waals surface area contributed by atoms with Gasteiger partial charge in [0.2, 0.25) is 5.91 Å². The number of hydrogen-bond donors (Lipinski definition) is 1. The van der Waals surface area contributed by atoms with E-state index in [0.29, 0.717) is 19.6 Å². The molecule has 1 heterocycles. The number of benzene rings is 1. The number of aryl methyl sites for hydroxylation is 1. The van der Waals surface area contributed by atoms with E-state index >= 15 is 0 Å². The average molecular weight is 220 g/mol. The smallest absolute Gasteiger partial charge is 0.227 e. The van der Waals surface area contributed by atoms with Gasteiger partial charge in [0.25, 0.3) is 0 Å². The molecule has 0 spiro atoms. The van der Waals surface area contributed by atoms with Gasteiger partial charge in [0, 0.05) is 31.5 Å². The first-order valence-electron chi connectivity index (χ1n) is 5.40. The summed E-state index contributed by atoms with van der Waals surface area (Å²) in [7, 11) is 1.64. The standard InChI is InChI=1S/C12H16N2O2/c1-16-7-6-14-11-4-3-10(13)8-9(11)2-5-12(14)15/h3-4,8H,2,5-7,13H2,1H3. The van der Waals surface area contributed by atoms with E-state index in [1.54, 1.807) is 12.0 Å². The van der Waals surface area contributed by atoms with Gasteiger partial charge in [0.05, 0.1) is 6.61 Å². The van der Waals surface area contributed by atoms with Crippen molar-refractivity contribution in [2.24, 2.45) is 0 Å². The highest BCUT2D eigenvalue weighted by atomic mass is 16.5. The molecule has 0 atom stereocenters. The monoisotopic (exact) mass is 220 g/mol. The molecule has 2 rings (SSSR count). The molecule has 0 fully saturated rings. The Bertz CT molecular complexity index is 404. The van der Waals surface area contributed by atoms with Crippen molar-refractivity contribution in [1.82, 2.24) is 0 Å². The molecule has 0 bridgehead atoms. The van der Waals surface area contributed by atoms with Gasteiger partial charge in [-0.3, -0.25) is 4.79 Å². The Morgan fingerprint density at radius 1 is 1.44 bits per heavy atom. The quantitative estimate of drug-likeness (QED) is 0.778. The van der Waals surface area contributed by atoms with Crippen LogP contribution in [0.4, 0.5) is 11.4 Å². The lowest BCUT2D eigenvalue weighted by molar-refractivity contribution is -0.119. The van der Waals surface area contributed by atoms with E-state index in [4.69, 9.17) is 10.5 Å². The summed E-state index contributed by atoms with van der Waals surface area (Å²) in [5, 5.41) is 0. The summed E-state index contributed by atoms with van der Waals surface area (Å²) >= 11 is 0. The van der Waals surface area contributed by atoms with E-state index in [0.717, 1.165) is 23.4 Å². The maximum absolute atomic E-state index is 11.8. The molecule has 86 valence electrons. The van der Waals surface area contributed by atoms with Crippen LogP contribution < -0.4 is 10.6 Å². The molecule has 0 saturated carbocycles. The number of carbonyl (C=O) groups is 1. The van der Waals surface area contributed by atoms with Gasteiger partial charge in [0.15, 0.2) is 0 Å². The van der Waals surface area contributed by atoms with Crippen LogP contribution >= 0.6 is 0 Å². The van der Waals surface area contributed by atoms with Gasteiger partial charge >= 0.3 is 0 Å². The lowest BCUT2D eigenvalue weighted by Gasteiger charge is -2.29. The first-order chi connectivity index (χ1) is 7.72. The van der Waals surface area contributed by atoms with Crippen molar-refractivity contribution in [3.05, 3.63) is 23.8 Å². The number of nitrogens with two attached hydrogens (primary N) is 1. The lowest BCUT2D eigenvalue weighted by atomic mass is 10.0. The lowest BCUT2D eigenvalue weighted by Crippen LogP contribution is -2.37. The normalized spacial score (nSPS) is 15.1. The molecule has 4 nitrogen and oxygen atoms in total. The molecule has 4 heteroatoms. The fraction of sp³-hybridized carbons (Fsp3) is 0.417. The van der Waals surface area contributed by atoms with Crippen molar-refractivity contribution < 1.29 is 9.53 Å². The number of nitrogens with zero attached hydrogens (tertiary/aromatic N) is 1. The largest absolute Gasteiger partial charge is 0.399 e. The van der Waals surface area contributed by atoms with Crippen molar-refractivity contribution in [2.75, 3.05) is 30.9 Å². The highest BCUT2D eigenvalue weighted by molar-refractivity contribution is 5.96. The molecule has 0 aromatic heterocycles. The van der Waals surface area contributed by atoms with Crippen LogP contribution in [0.2, 0.25) is 0 Å². The molecule has 1 aromatic carbocycles. The number of fused-ring (bicyclic) bond motifs is 1. The third kappa shape index (κ3) is 2.02. The molecule has 1 amide bonds. The number of nitrogen functional groups attached to an aromatic ring is 1. The average Bonchev–Trinajstić information content (AvgIpc) is 2.28. The van der Waals surface area contributed by atoms with E-state index in [2.05, 4.69) is 0 Å². The summed E-state index contributed by atoms with van der Waals surface area (Å²) in [4.78, 5) is 13.6. The SMILES string of the molecule is COCCN1C(=O)CCc2cc(N)ccc21. The second-order valence-corrected chi connectivity index (χ2v) is 3.93. The van der Waals surface area contributed by atoms with Crippen LogP contribution in [0.1, 0.15) is 12.0 Å². The molecular formula is C12H16N2O2. The van der Waals surface area contributed by atoms with Gasteiger partial charge in [-0.05, 0) is 30.2 Å². The Balaban J connectivity index is 2.29. The maximum Gasteiger partial charge on any atom is 0.227 e. The number of ether oxygens (including phenoxy) is 1. The fourth-order valence-electron chi connectivity index (χ4n) is 2.01. The molecule has 1 aliphatic heterocycles. The maximum atomic E-state index is 11.8. The van der Waals surface area contributed by atoms with Gasteiger partial charge in [0.1, 0.15) is 0 Å². The van der Waals surface area contributed by atoms with Crippen molar-refractivity contribution in [3.63, 3.8) is 0 Å².